The Balaban J connectivity index is 1.92. The lowest BCUT2D eigenvalue weighted by atomic mass is 9.99. The number of thiocarbonyl (C=S) groups is 1. The van der Waals surface area contributed by atoms with Crippen LogP contribution >= 0.6 is 12.2 Å². The van der Waals surface area contributed by atoms with Crippen LogP contribution in [0.25, 0.3) is 0 Å². The molecular formula is C17H19N3S. The van der Waals surface area contributed by atoms with Crippen LogP contribution in [0.5, 0.6) is 0 Å². The van der Waals surface area contributed by atoms with Crippen molar-refractivity contribution in [1.29, 1.82) is 0 Å². The normalized spacial score (nSPS) is 13.9. The van der Waals surface area contributed by atoms with Gasteiger partial charge >= 0.3 is 0 Å². The van der Waals surface area contributed by atoms with Crippen molar-refractivity contribution < 1.29 is 0 Å². The molecule has 0 saturated heterocycles. The number of rotatable bonds is 3. The van der Waals surface area contributed by atoms with Gasteiger partial charge in [0.2, 0.25) is 0 Å². The summed E-state index contributed by atoms with van der Waals surface area (Å²) in [4.78, 5) is 7.09. The first-order valence-corrected chi connectivity index (χ1v) is 7.64. The molecule has 1 aromatic carbocycles. The largest absolute Gasteiger partial charge is 0.388 e. The molecule has 2 N–H and O–H groups in total. The molecule has 0 saturated carbocycles. The minimum atomic E-state index is 0.367. The summed E-state index contributed by atoms with van der Waals surface area (Å²) in [5, 5.41) is 0. The van der Waals surface area contributed by atoms with Crippen molar-refractivity contribution >= 4 is 22.9 Å². The molecule has 0 unspecified atom stereocenters. The van der Waals surface area contributed by atoms with Gasteiger partial charge in [0, 0.05) is 30.5 Å². The van der Waals surface area contributed by atoms with Gasteiger partial charge in [0.15, 0.2) is 0 Å². The molecule has 2 heterocycles. The van der Waals surface area contributed by atoms with Crippen LogP contribution in [0.1, 0.15) is 28.8 Å². The van der Waals surface area contributed by atoms with Crippen molar-refractivity contribution in [3.05, 3.63) is 58.9 Å². The first kappa shape index (κ1) is 14.0. The van der Waals surface area contributed by atoms with Crippen molar-refractivity contribution in [1.82, 2.24) is 4.98 Å². The average Bonchev–Trinajstić information content (AvgIpc) is 2.47. The summed E-state index contributed by atoms with van der Waals surface area (Å²) < 4.78 is 0. The second-order valence-electron chi connectivity index (χ2n) is 5.53. The fraction of sp³-hybridized carbons (Fsp3) is 0.294. The number of pyridine rings is 1. The standard InChI is InChI=1S/C17H19N3S/c1-12-6-7-15-13(10-12)5-3-9-20(15)11-14-4-2-8-19-16(14)17(18)21/h2,4,6-8,10H,3,5,9,11H2,1H3,(H2,18,21). The minimum absolute atomic E-state index is 0.367. The third kappa shape index (κ3) is 2.90. The molecule has 2 aromatic rings. The maximum Gasteiger partial charge on any atom is 0.123 e. The van der Waals surface area contributed by atoms with E-state index in [2.05, 4.69) is 41.1 Å². The van der Waals surface area contributed by atoms with E-state index in [0.29, 0.717) is 4.99 Å². The zero-order valence-electron chi connectivity index (χ0n) is 12.2. The van der Waals surface area contributed by atoms with Crippen LogP contribution in [0.4, 0.5) is 5.69 Å². The molecule has 108 valence electrons. The summed E-state index contributed by atoms with van der Waals surface area (Å²) >= 11 is 5.11. The van der Waals surface area contributed by atoms with Gasteiger partial charge in [0.05, 0.1) is 0 Å². The summed E-state index contributed by atoms with van der Waals surface area (Å²) in [5.41, 5.74) is 11.7. The topological polar surface area (TPSA) is 42.2 Å². The molecule has 0 atom stereocenters. The number of hydrogen-bond donors (Lipinski definition) is 1. The molecule has 21 heavy (non-hydrogen) atoms. The zero-order chi connectivity index (χ0) is 14.8. The van der Waals surface area contributed by atoms with Gasteiger partial charge in [-0.1, -0.05) is 36.0 Å². The van der Waals surface area contributed by atoms with E-state index >= 15 is 0 Å². The second kappa shape index (κ2) is 5.82. The maximum atomic E-state index is 5.78. The van der Waals surface area contributed by atoms with Crippen molar-refractivity contribution in [2.45, 2.75) is 26.3 Å². The summed E-state index contributed by atoms with van der Waals surface area (Å²) in [6.45, 7) is 4.00. The van der Waals surface area contributed by atoms with E-state index in [4.69, 9.17) is 18.0 Å². The Hall–Kier alpha value is -1.94. The Morgan fingerprint density at radius 1 is 1.38 bits per heavy atom. The first-order valence-electron chi connectivity index (χ1n) is 7.23. The molecular weight excluding hydrogens is 278 g/mol. The maximum absolute atomic E-state index is 5.78. The minimum Gasteiger partial charge on any atom is -0.388 e. The molecule has 0 fully saturated rings. The number of fused-ring (bicyclic) bond motifs is 1. The highest BCUT2D eigenvalue weighted by Crippen LogP contribution is 2.29. The summed E-state index contributed by atoms with van der Waals surface area (Å²) in [6.07, 6.45) is 4.08. The number of hydrogen-bond acceptors (Lipinski definition) is 3. The smallest absolute Gasteiger partial charge is 0.123 e. The SMILES string of the molecule is Cc1ccc2c(c1)CCCN2Cc1cccnc1C(N)=S. The number of aromatic nitrogens is 1. The Morgan fingerprint density at radius 3 is 3.05 bits per heavy atom. The van der Waals surface area contributed by atoms with Gasteiger partial charge in [-0.05, 0) is 37.5 Å². The number of nitrogens with two attached hydrogens (primary N) is 1. The van der Waals surface area contributed by atoms with E-state index in [1.165, 1.54) is 23.2 Å². The van der Waals surface area contributed by atoms with Gasteiger partial charge in [-0.15, -0.1) is 0 Å². The van der Waals surface area contributed by atoms with Crippen LogP contribution in [0.3, 0.4) is 0 Å². The Labute approximate surface area is 130 Å². The quantitative estimate of drug-likeness (QED) is 0.885. The molecule has 0 radical (unpaired) electrons. The summed E-state index contributed by atoms with van der Waals surface area (Å²) in [5.74, 6) is 0. The van der Waals surface area contributed by atoms with Gasteiger partial charge in [-0.25, -0.2) is 0 Å². The number of anilines is 1. The molecule has 0 bridgehead atoms. The molecule has 0 amide bonds. The van der Waals surface area contributed by atoms with Gasteiger partial charge in [0.25, 0.3) is 0 Å². The van der Waals surface area contributed by atoms with E-state index in [9.17, 15) is 0 Å². The molecule has 4 heteroatoms. The fourth-order valence-corrected chi connectivity index (χ4v) is 3.15. The van der Waals surface area contributed by atoms with Gasteiger partial charge in [0.1, 0.15) is 10.7 Å². The molecule has 1 aromatic heterocycles. The van der Waals surface area contributed by atoms with Crippen LogP contribution < -0.4 is 10.6 Å². The Kier molecular flexibility index (Phi) is 3.88. The van der Waals surface area contributed by atoms with Crippen LogP contribution in [0, 0.1) is 6.92 Å². The molecule has 3 nitrogen and oxygen atoms in total. The van der Waals surface area contributed by atoms with Crippen LogP contribution in [0.15, 0.2) is 36.5 Å². The monoisotopic (exact) mass is 297 g/mol. The van der Waals surface area contributed by atoms with Gasteiger partial charge in [-0.2, -0.15) is 0 Å². The fourth-order valence-electron chi connectivity index (χ4n) is 2.96. The predicted octanol–water partition coefficient (Wildman–Crippen LogP) is 2.98. The molecule has 1 aliphatic heterocycles. The van der Waals surface area contributed by atoms with Crippen molar-refractivity contribution in [3.8, 4) is 0 Å². The van der Waals surface area contributed by atoms with Gasteiger partial charge in [-0.3, -0.25) is 4.98 Å². The highest BCUT2D eigenvalue weighted by Gasteiger charge is 2.18. The van der Waals surface area contributed by atoms with Crippen LogP contribution in [-0.2, 0) is 13.0 Å². The third-order valence-corrected chi connectivity index (χ3v) is 4.13. The lowest BCUT2D eigenvalue weighted by Gasteiger charge is -2.32. The van der Waals surface area contributed by atoms with E-state index in [0.717, 1.165) is 30.8 Å². The second-order valence-corrected chi connectivity index (χ2v) is 5.97. The van der Waals surface area contributed by atoms with E-state index in [-0.39, 0.29) is 0 Å². The lowest BCUT2D eigenvalue weighted by Crippen LogP contribution is -2.30. The molecule has 3 rings (SSSR count). The third-order valence-electron chi connectivity index (χ3n) is 3.94. The van der Waals surface area contributed by atoms with Crippen LogP contribution in [0.2, 0.25) is 0 Å². The highest BCUT2D eigenvalue weighted by atomic mass is 32.1. The molecule has 0 aliphatic carbocycles. The van der Waals surface area contributed by atoms with Crippen molar-refractivity contribution in [2.24, 2.45) is 5.73 Å². The zero-order valence-corrected chi connectivity index (χ0v) is 13.0. The lowest BCUT2D eigenvalue weighted by molar-refractivity contribution is 0.689. The Bertz CT molecular complexity index is 681. The van der Waals surface area contributed by atoms with Crippen molar-refractivity contribution in [2.75, 3.05) is 11.4 Å². The highest BCUT2D eigenvalue weighted by molar-refractivity contribution is 7.80. The predicted molar refractivity (Wildman–Crippen MR) is 90.7 cm³/mol. The van der Waals surface area contributed by atoms with E-state index in [1.54, 1.807) is 6.20 Å². The first-order chi connectivity index (χ1) is 10.1. The Morgan fingerprint density at radius 2 is 2.24 bits per heavy atom. The van der Waals surface area contributed by atoms with E-state index in [1.807, 2.05) is 6.07 Å². The molecule has 1 aliphatic rings. The van der Waals surface area contributed by atoms with Crippen molar-refractivity contribution in [3.63, 3.8) is 0 Å². The summed E-state index contributed by atoms with van der Waals surface area (Å²) in [6, 6.07) is 10.7. The molecule has 0 spiro atoms. The van der Waals surface area contributed by atoms with Crippen LogP contribution in [-0.4, -0.2) is 16.5 Å². The van der Waals surface area contributed by atoms with E-state index < -0.39 is 0 Å². The summed E-state index contributed by atoms with van der Waals surface area (Å²) in [7, 11) is 0. The van der Waals surface area contributed by atoms with Gasteiger partial charge < -0.3 is 10.6 Å². The number of aryl methyl sites for hydroxylation is 2. The number of nitrogens with zero attached hydrogens (tertiary/aromatic N) is 2. The average molecular weight is 297 g/mol. The number of benzene rings is 1.